The fourth-order valence-corrected chi connectivity index (χ4v) is 2.76. The second-order valence-electron chi connectivity index (χ2n) is 5.30. The molecule has 2 rings (SSSR count). The van der Waals surface area contributed by atoms with E-state index >= 15 is 0 Å². The molecule has 3 N–H and O–H groups in total. The Bertz CT molecular complexity index is 796. The number of anilines is 1. The van der Waals surface area contributed by atoms with Crippen LogP contribution in [0.15, 0.2) is 23.4 Å². The molecule has 0 unspecified atom stereocenters. The normalized spacial score (nSPS) is 12.0. The zero-order chi connectivity index (χ0) is 18.6. The van der Waals surface area contributed by atoms with Gasteiger partial charge in [0, 0.05) is 31.6 Å². The largest absolute Gasteiger partial charge is 0.370 e. The van der Waals surface area contributed by atoms with Crippen LogP contribution in [-0.2, 0) is 23.1 Å². The van der Waals surface area contributed by atoms with E-state index in [9.17, 15) is 18.4 Å². The molecule has 0 bridgehead atoms. The number of nitrogens with two attached hydrogens (primary N) is 1. The van der Waals surface area contributed by atoms with Crippen molar-refractivity contribution in [2.75, 3.05) is 5.32 Å². The molecule has 10 heteroatoms. The third kappa shape index (κ3) is 4.99. The summed E-state index contributed by atoms with van der Waals surface area (Å²) in [6.45, 7) is 1.65. The molecule has 0 aliphatic rings. The molecular weight excluding hydrogens is 352 g/mol. The molecule has 0 radical (unpaired) electrons. The second-order valence-corrected chi connectivity index (χ2v) is 6.61. The summed E-state index contributed by atoms with van der Waals surface area (Å²) >= 11 is 1.15. The molecule has 0 aliphatic heterocycles. The average Bonchev–Trinajstić information content (AvgIpc) is 2.89. The maximum Gasteiger partial charge on any atom is 0.237 e. The summed E-state index contributed by atoms with van der Waals surface area (Å²) in [5.41, 5.74) is 5.27. The van der Waals surface area contributed by atoms with Gasteiger partial charge in [-0.2, -0.15) is 0 Å². The topological polar surface area (TPSA) is 103 Å². The Morgan fingerprint density at radius 1 is 1.32 bits per heavy atom. The molecule has 0 saturated carbocycles. The molecular formula is C15H17F2N5O2S. The van der Waals surface area contributed by atoms with E-state index in [0.29, 0.717) is 17.4 Å². The summed E-state index contributed by atoms with van der Waals surface area (Å²) in [4.78, 5) is 23.0. The van der Waals surface area contributed by atoms with Gasteiger partial charge < -0.3 is 15.6 Å². The van der Waals surface area contributed by atoms with Crippen molar-refractivity contribution in [3.05, 3.63) is 35.7 Å². The minimum absolute atomic E-state index is 0.156. The number of carbonyl (C=O) groups is 2. The number of carbonyl (C=O) groups excluding carboxylic acids is 2. The Morgan fingerprint density at radius 2 is 2.04 bits per heavy atom. The minimum atomic E-state index is -1.04. The number of primary amides is 1. The molecule has 134 valence electrons. The van der Waals surface area contributed by atoms with Gasteiger partial charge in [0.15, 0.2) is 16.8 Å². The van der Waals surface area contributed by atoms with Crippen LogP contribution in [0.4, 0.5) is 14.5 Å². The van der Waals surface area contributed by atoms with Crippen molar-refractivity contribution in [1.82, 2.24) is 14.8 Å². The fourth-order valence-electron chi connectivity index (χ4n) is 1.93. The Hall–Kier alpha value is -2.49. The zero-order valence-electron chi connectivity index (χ0n) is 13.6. The first-order chi connectivity index (χ1) is 11.8. The van der Waals surface area contributed by atoms with Crippen LogP contribution in [0.5, 0.6) is 0 Å². The summed E-state index contributed by atoms with van der Waals surface area (Å²) in [6, 6.07) is 3.13. The van der Waals surface area contributed by atoms with Crippen molar-refractivity contribution in [3.63, 3.8) is 0 Å². The van der Waals surface area contributed by atoms with Crippen molar-refractivity contribution in [1.29, 1.82) is 0 Å². The van der Waals surface area contributed by atoms with Gasteiger partial charge in [0.25, 0.3) is 0 Å². The predicted molar refractivity (Wildman–Crippen MR) is 88.8 cm³/mol. The van der Waals surface area contributed by atoms with Gasteiger partial charge in [0.1, 0.15) is 5.82 Å². The van der Waals surface area contributed by atoms with E-state index in [1.807, 2.05) is 0 Å². The number of halogens is 2. The molecule has 2 aromatic rings. The summed E-state index contributed by atoms with van der Waals surface area (Å²) in [7, 11) is 1.72. The van der Waals surface area contributed by atoms with Gasteiger partial charge in [-0.05, 0) is 19.1 Å². The summed E-state index contributed by atoms with van der Waals surface area (Å²) < 4.78 is 27.8. The number of hydrogen-bond donors (Lipinski definition) is 2. The van der Waals surface area contributed by atoms with Crippen LogP contribution in [0, 0.1) is 11.6 Å². The van der Waals surface area contributed by atoms with Crippen molar-refractivity contribution in [2.24, 2.45) is 12.8 Å². The number of thioether (sulfide) groups is 1. The van der Waals surface area contributed by atoms with Crippen LogP contribution < -0.4 is 11.1 Å². The lowest BCUT2D eigenvalue weighted by Gasteiger charge is -2.12. The van der Waals surface area contributed by atoms with Crippen LogP contribution >= 0.6 is 11.8 Å². The van der Waals surface area contributed by atoms with Crippen molar-refractivity contribution in [3.8, 4) is 0 Å². The third-order valence-electron chi connectivity index (χ3n) is 3.36. The molecule has 0 spiro atoms. The van der Waals surface area contributed by atoms with Gasteiger partial charge in [-0.3, -0.25) is 9.59 Å². The molecule has 0 aliphatic carbocycles. The lowest BCUT2D eigenvalue weighted by molar-refractivity contribution is -0.118. The van der Waals surface area contributed by atoms with Crippen molar-refractivity contribution < 1.29 is 18.4 Å². The average molecular weight is 369 g/mol. The smallest absolute Gasteiger partial charge is 0.237 e. The molecule has 2 amide bonds. The Morgan fingerprint density at radius 3 is 2.68 bits per heavy atom. The first-order valence-electron chi connectivity index (χ1n) is 7.37. The lowest BCUT2D eigenvalue weighted by Crippen LogP contribution is -2.23. The number of aryl methyl sites for hydroxylation is 1. The fraction of sp³-hybridized carbons (Fsp3) is 0.333. The maximum atomic E-state index is 13.2. The molecule has 1 heterocycles. The van der Waals surface area contributed by atoms with E-state index in [2.05, 4.69) is 15.5 Å². The molecule has 1 aromatic heterocycles. The number of nitrogens with zero attached hydrogens (tertiary/aromatic N) is 3. The molecule has 1 aromatic carbocycles. The lowest BCUT2D eigenvalue weighted by atomic mass is 10.3. The number of benzene rings is 1. The van der Waals surface area contributed by atoms with E-state index in [1.54, 1.807) is 18.5 Å². The van der Waals surface area contributed by atoms with Crippen molar-refractivity contribution >= 4 is 29.3 Å². The number of amides is 2. The number of hydrogen-bond acceptors (Lipinski definition) is 5. The van der Waals surface area contributed by atoms with Crippen LogP contribution in [0.1, 0.15) is 19.2 Å². The monoisotopic (exact) mass is 369 g/mol. The van der Waals surface area contributed by atoms with E-state index in [-0.39, 0.29) is 12.1 Å². The molecule has 1 atom stereocenters. The Balaban J connectivity index is 1.98. The van der Waals surface area contributed by atoms with Gasteiger partial charge >= 0.3 is 0 Å². The van der Waals surface area contributed by atoms with E-state index in [0.717, 1.165) is 23.9 Å². The van der Waals surface area contributed by atoms with Crippen LogP contribution in [0.3, 0.4) is 0 Å². The van der Waals surface area contributed by atoms with Crippen LogP contribution in [-0.4, -0.2) is 31.8 Å². The summed E-state index contributed by atoms with van der Waals surface area (Å²) in [5.74, 6) is -2.27. The highest BCUT2D eigenvalue weighted by atomic mass is 32.2. The first-order valence-corrected chi connectivity index (χ1v) is 8.25. The van der Waals surface area contributed by atoms with E-state index in [1.165, 1.54) is 6.07 Å². The van der Waals surface area contributed by atoms with Gasteiger partial charge in [-0.25, -0.2) is 8.78 Å². The molecule has 7 nitrogen and oxygen atoms in total. The Kier molecular flexibility index (Phi) is 6.07. The van der Waals surface area contributed by atoms with Gasteiger partial charge in [0.2, 0.25) is 11.8 Å². The van der Waals surface area contributed by atoms with Gasteiger partial charge in [-0.1, -0.05) is 11.8 Å². The van der Waals surface area contributed by atoms with Crippen molar-refractivity contribution in [2.45, 2.75) is 30.2 Å². The predicted octanol–water partition coefficient (Wildman–Crippen LogP) is 1.63. The number of nitrogens with one attached hydrogen (secondary N) is 1. The highest BCUT2D eigenvalue weighted by Crippen LogP contribution is 2.23. The molecule has 0 saturated heterocycles. The minimum Gasteiger partial charge on any atom is -0.370 e. The second kappa shape index (κ2) is 8.06. The van der Waals surface area contributed by atoms with Crippen LogP contribution in [0.25, 0.3) is 0 Å². The number of rotatable bonds is 7. The first kappa shape index (κ1) is 18.8. The zero-order valence-corrected chi connectivity index (χ0v) is 14.4. The summed E-state index contributed by atoms with van der Waals surface area (Å²) in [5, 5.41) is 10.4. The highest BCUT2D eigenvalue weighted by molar-refractivity contribution is 8.00. The van der Waals surface area contributed by atoms with Crippen LogP contribution in [0.2, 0.25) is 0 Å². The van der Waals surface area contributed by atoms with E-state index in [4.69, 9.17) is 5.73 Å². The van der Waals surface area contributed by atoms with Gasteiger partial charge in [-0.15, -0.1) is 10.2 Å². The third-order valence-corrected chi connectivity index (χ3v) is 4.49. The molecule has 25 heavy (non-hydrogen) atoms. The SMILES string of the molecule is C[C@H](Sc1nnc(CCC(N)=O)n1C)C(=O)Nc1ccc(F)c(F)c1. The highest BCUT2D eigenvalue weighted by Gasteiger charge is 2.19. The maximum absolute atomic E-state index is 13.2. The summed E-state index contributed by atoms with van der Waals surface area (Å²) in [6.07, 6.45) is 0.512. The Labute approximate surface area is 147 Å². The standard InChI is InChI=1S/C15H17F2N5O2S/c1-8(14(24)19-9-3-4-10(16)11(17)7-9)25-15-21-20-13(22(15)2)6-5-12(18)23/h3-4,7-8H,5-6H2,1-2H3,(H2,18,23)(H,19,24)/t8-/m0/s1. The quantitative estimate of drug-likeness (QED) is 0.722. The molecule has 0 fully saturated rings. The van der Waals surface area contributed by atoms with Gasteiger partial charge in [0.05, 0.1) is 5.25 Å². The number of aromatic nitrogens is 3. The van der Waals surface area contributed by atoms with E-state index < -0.39 is 28.7 Å².